The first-order valence-corrected chi connectivity index (χ1v) is 6.40. The molecule has 2 rings (SSSR count). The molecule has 1 fully saturated rings. The van der Waals surface area contributed by atoms with Crippen molar-refractivity contribution in [2.75, 3.05) is 13.7 Å². The van der Waals surface area contributed by atoms with E-state index in [-0.39, 0.29) is 11.4 Å². The van der Waals surface area contributed by atoms with Gasteiger partial charge in [-0.1, -0.05) is 0 Å². The van der Waals surface area contributed by atoms with E-state index in [2.05, 4.69) is 5.32 Å². The lowest BCUT2D eigenvalue weighted by Gasteiger charge is -2.40. The molecule has 0 heterocycles. The average Bonchev–Trinajstić information content (AvgIpc) is 2.34. The van der Waals surface area contributed by atoms with Crippen molar-refractivity contribution in [2.24, 2.45) is 5.73 Å². The minimum atomic E-state index is -0.548. The standard InChI is InChI=1S/C14H19FN2O2/c1-19-14(5-2-6-14)9-17-8-11-7-10(13(16)18)3-4-12(11)15/h3-4,7,17H,2,5-6,8-9H2,1H3,(H2,16,18). The predicted molar refractivity (Wildman–Crippen MR) is 70.2 cm³/mol. The van der Waals surface area contributed by atoms with Gasteiger partial charge in [0, 0.05) is 31.3 Å². The van der Waals surface area contributed by atoms with Crippen molar-refractivity contribution in [2.45, 2.75) is 31.4 Å². The van der Waals surface area contributed by atoms with Crippen LogP contribution in [0.15, 0.2) is 18.2 Å². The number of primary amides is 1. The Balaban J connectivity index is 1.95. The van der Waals surface area contributed by atoms with Gasteiger partial charge in [-0.2, -0.15) is 0 Å². The predicted octanol–water partition coefficient (Wildman–Crippen LogP) is 1.58. The SMILES string of the molecule is COC1(CNCc2cc(C(N)=O)ccc2F)CCC1. The van der Waals surface area contributed by atoms with Crippen molar-refractivity contribution in [1.82, 2.24) is 5.32 Å². The second-order valence-corrected chi connectivity index (χ2v) is 5.01. The smallest absolute Gasteiger partial charge is 0.248 e. The molecule has 1 aliphatic carbocycles. The Hall–Kier alpha value is -1.46. The molecule has 1 saturated carbocycles. The Morgan fingerprint density at radius 1 is 1.53 bits per heavy atom. The Kier molecular flexibility index (Phi) is 4.17. The summed E-state index contributed by atoms with van der Waals surface area (Å²) in [6, 6.07) is 4.15. The van der Waals surface area contributed by atoms with Gasteiger partial charge in [-0.05, 0) is 37.5 Å². The van der Waals surface area contributed by atoms with E-state index in [1.807, 2.05) is 0 Å². The average molecular weight is 266 g/mol. The van der Waals surface area contributed by atoms with Crippen LogP contribution in [0.1, 0.15) is 35.2 Å². The van der Waals surface area contributed by atoms with Crippen LogP contribution >= 0.6 is 0 Å². The summed E-state index contributed by atoms with van der Waals surface area (Å²) in [5, 5.41) is 3.19. The number of amides is 1. The van der Waals surface area contributed by atoms with Crippen LogP contribution in [0.3, 0.4) is 0 Å². The fourth-order valence-corrected chi connectivity index (χ4v) is 2.31. The van der Waals surface area contributed by atoms with Gasteiger partial charge >= 0.3 is 0 Å². The summed E-state index contributed by atoms with van der Waals surface area (Å²) in [6.07, 6.45) is 3.22. The van der Waals surface area contributed by atoms with Gasteiger partial charge in [0.2, 0.25) is 5.91 Å². The number of methoxy groups -OCH3 is 1. The maximum atomic E-state index is 13.6. The number of rotatable bonds is 6. The Labute approximate surface area is 112 Å². The van der Waals surface area contributed by atoms with Crippen LogP contribution in [0.4, 0.5) is 4.39 Å². The van der Waals surface area contributed by atoms with E-state index in [1.165, 1.54) is 24.6 Å². The molecule has 1 amide bonds. The minimum absolute atomic E-state index is 0.0994. The van der Waals surface area contributed by atoms with E-state index >= 15 is 0 Å². The number of ether oxygens (including phenoxy) is 1. The lowest BCUT2D eigenvalue weighted by atomic mass is 9.80. The molecule has 0 spiro atoms. The highest BCUT2D eigenvalue weighted by molar-refractivity contribution is 5.92. The largest absolute Gasteiger partial charge is 0.377 e. The Morgan fingerprint density at radius 3 is 2.79 bits per heavy atom. The van der Waals surface area contributed by atoms with Crippen LogP contribution < -0.4 is 11.1 Å². The van der Waals surface area contributed by atoms with Crippen LogP contribution in [0.5, 0.6) is 0 Å². The maximum Gasteiger partial charge on any atom is 0.248 e. The molecule has 5 heteroatoms. The summed E-state index contributed by atoms with van der Waals surface area (Å²) in [5.41, 5.74) is 5.85. The first kappa shape index (κ1) is 14.0. The van der Waals surface area contributed by atoms with E-state index < -0.39 is 5.91 Å². The monoisotopic (exact) mass is 266 g/mol. The van der Waals surface area contributed by atoms with Gasteiger partial charge in [-0.25, -0.2) is 4.39 Å². The lowest BCUT2D eigenvalue weighted by Crippen LogP contribution is -2.47. The van der Waals surface area contributed by atoms with Crippen LogP contribution in [0.25, 0.3) is 0 Å². The second kappa shape index (κ2) is 5.67. The fraction of sp³-hybridized carbons (Fsp3) is 0.500. The number of halogens is 1. The molecule has 4 nitrogen and oxygen atoms in total. The molecule has 0 aliphatic heterocycles. The highest BCUT2D eigenvalue weighted by Gasteiger charge is 2.36. The first-order chi connectivity index (χ1) is 9.06. The zero-order valence-electron chi connectivity index (χ0n) is 11.0. The Morgan fingerprint density at radius 2 is 2.26 bits per heavy atom. The van der Waals surface area contributed by atoms with Crippen molar-refractivity contribution in [1.29, 1.82) is 0 Å². The normalized spacial score (nSPS) is 16.9. The zero-order chi connectivity index (χ0) is 13.9. The molecule has 0 atom stereocenters. The maximum absolute atomic E-state index is 13.6. The van der Waals surface area contributed by atoms with E-state index in [1.54, 1.807) is 7.11 Å². The number of nitrogens with one attached hydrogen (secondary N) is 1. The van der Waals surface area contributed by atoms with Crippen molar-refractivity contribution >= 4 is 5.91 Å². The molecule has 0 radical (unpaired) electrons. The molecule has 0 saturated heterocycles. The van der Waals surface area contributed by atoms with Gasteiger partial charge in [-0.15, -0.1) is 0 Å². The second-order valence-electron chi connectivity index (χ2n) is 5.01. The van der Waals surface area contributed by atoms with Gasteiger partial charge in [0.1, 0.15) is 5.82 Å². The zero-order valence-corrected chi connectivity index (χ0v) is 11.0. The molecule has 104 valence electrons. The third-order valence-electron chi connectivity index (χ3n) is 3.79. The highest BCUT2D eigenvalue weighted by Crippen LogP contribution is 2.34. The lowest BCUT2D eigenvalue weighted by molar-refractivity contribution is -0.0695. The molecule has 0 unspecified atom stereocenters. The summed E-state index contributed by atoms with van der Waals surface area (Å²) in [5.74, 6) is -0.883. The minimum Gasteiger partial charge on any atom is -0.377 e. The van der Waals surface area contributed by atoms with Gasteiger partial charge in [0.25, 0.3) is 0 Å². The Bertz CT molecular complexity index is 467. The van der Waals surface area contributed by atoms with Gasteiger partial charge in [-0.3, -0.25) is 4.79 Å². The quantitative estimate of drug-likeness (QED) is 0.821. The molecule has 1 aromatic carbocycles. The molecule has 1 aromatic rings. The topological polar surface area (TPSA) is 64.3 Å². The number of hydrogen-bond donors (Lipinski definition) is 2. The van der Waals surface area contributed by atoms with Crippen LogP contribution in [0, 0.1) is 5.82 Å². The summed E-state index contributed by atoms with van der Waals surface area (Å²) < 4.78 is 19.1. The van der Waals surface area contributed by atoms with Crippen molar-refractivity contribution in [3.63, 3.8) is 0 Å². The van der Waals surface area contributed by atoms with E-state index in [4.69, 9.17) is 10.5 Å². The summed E-state index contributed by atoms with van der Waals surface area (Å²) in [6.45, 7) is 1.04. The molecule has 0 bridgehead atoms. The molecular weight excluding hydrogens is 247 g/mol. The molecule has 0 aromatic heterocycles. The number of hydrogen-bond acceptors (Lipinski definition) is 3. The van der Waals surface area contributed by atoms with Gasteiger partial charge in [0.05, 0.1) is 5.60 Å². The van der Waals surface area contributed by atoms with Crippen LogP contribution in [-0.4, -0.2) is 25.2 Å². The van der Waals surface area contributed by atoms with Gasteiger partial charge in [0.15, 0.2) is 0 Å². The third kappa shape index (κ3) is 3.11. The van der Waals surface area contributed by atoms with E-state index in [0.29, 0.717) is 24.2 Å². The van der Waals surface area contributed by atoms with Crippen LogP contribution in [-0.2, 0) is 11.3 Å². The van der Waals surface area contributed by atoms with E-state index in [0.717, 1.165) is 12.8 Å². The summed E-state index contributed by atoms with van der Waals surface area (Å²) >= 11 is 0. The third-order valence-corrected chi connectivity index (χ3v) is 3.79. The number of nitrogens with two attached hydrogens (primary N) is 1. The number of carbonyl (C=O) groups excluding carboxylic acids is 1. The molecule has 3 N–H and O–H groups in total. The molecular formula is C14H19FN2O2. The molecule has 1 aliphatic rings. The fourth-order valence-electron chi connectivity index (χ4n) is 2.31. The summed E-state index contributed by atoms with van der Waals surface area (Å²) in [4.78, 5) is 11.1. The van der Waals surface area contributed by atoms with E-state index in [9.17, 15) is 9.18 Å². The number of carbonyl (C=O) groups is 1. The van der Waals surface area contributed by atoms with Gasteiger partial charge < -0.3 is 15.8 Å². The summed E-state index contributed by atoms with van der Waals surface area (Å²) in [7, 11) is 1.70. The number of benzene rings is 1. The first-order valence-electron chi connectivity index (χ1n) is 6.40. The van der Waals surface area contributed by atoms with Crippen molar-refractivity contribution < 1.29 is 13.9 Å². The van der Waals surface area contributed by atoms with Crippen molar-refractivity contribution in [3.05, 3.63) is 35.1 Å². The molecule has 19 heavy (non-hydrogen) atoms. The highest BCUT2D eigenvalue weighted by atomic mass is 19.1. The van der Waals surface area contributed by atoms with Crippen LogP contribution in [0.2, 0.25) is 0 Å². The van der Waals surface area contributed by atoms with Crippen molar-refractivity contribution in [3.8, 4) is 0 Å².